The van der Waals surface area contributed by atoms with Crippen LogP contribution in [-0.2, 0) is 15.4 Å². The number of anilines is 2. The largest absolute Gasteiger partial charge is 0.384 e. The number of aromatic nitrogens is 2. The molecule has 2 aromatic rings. The van der Waals surface area contributed by atoms with E-state index in [1.54, 1.807) is 6.07 Å². The van der Waals surface area contributed by atoms with Crippen LogP contribution in [-0.4, -0.2) is 36.4 Å². The first-order chi connectivity index (χ1) is 14.6. The fourth-order valence-corrected chi connectivity index (χ4v) is 5.45. The molecule has 0 bridgehead atoms. The zero-order valence-corrected chi connectivity index (χ0v) is 20.7. The van der Waals surface area contributed by atoms with Gasteiger partial charge in [-0.05, 0) is 56.9 Å². The monoisotopic (exact) mass is 459 g/mol. The summed E-state index contributed by atoms with van der Waals surface area (Å²) in [6.07, 6.45) is 0.944. The number of nitrogens with one attached hydrogen (secondary N) is 1. The summed E-state index contributed by atoms with van der Waals surface area (Å²) in [6, 6.07) is 5.99. The first kappa shape index (κ1) is 24.0. The number of nitrogens with zero attached hydrogens (tertiary/aromatic N) is 3. The lowest BCUT2D eigenvalue weighted by molar-refractivity contribution is 0.0981. The molecule has 0 spiro atoms. The number of carbonyl (C=O) groups is 1. The standard InChI is InChI=1S/C23H33N5O3S/c1-14-12-23(6,7)28(13-14)20-16(11-15(2)19(26-20)22(3,4)5)21(29)27-32(30,31)18-10-8-9-17(24)25-18/h8-11,14H,12-13H2,1-7H3,(H2,24,25)(H,27,29). The van der Waals surface area contributed by atoms with E-state index >= 15 is 0 Å². The quantitative estimate of drug-likeness (QED) is 0.719. The van der Waals surface area contributed by atoms with Gasteiger partial charge in [0.2, 0.25) is 0 Å². The van der Waals surface area contributed by atoms with Gasteiger partial charge in [-0.3, -0.25) is 4.79 Å². The molecule has 8 nitrogen and oxygen atoms in total. The molecule has 0 aliphatic carbocycles. The second-order valence-corrected chi connectivity index (χ2v) is 12.0. The molecule has 1 saturated heterocycles. The lowest BCUT2D eigenvalue weighted by Crippen LogP contribution is -2.41. The molecule has 0 aromatic carbocycles. The summed E-state index contributed by atoms with van der Waals surface area (Å²) < 4.78 is 27.8. The predicted molar refractivity (Wildman–Crippen MR) is 126 cm³/mol. The Balaban J connectivity index is 2.11. The van der Waals surface area contributed by atoms with Crippen LogP contribution in [0.1, 0.15) is 69.6 Å². The summed E-state index contributed by atoms with van der Waals surface area (Å²) in [6.45, 7) is 15.2. The van der Waals surface area contributed by atoms with Gasteiger partial charge in [-0.1, -0.05) is 33.8 Å². The maximum Gasteiger partial charge on any atom is 0.281 e. The summed E-state index contributed by atoms with van der Waals surface area (Å²) in [5.41, 5.74) is 7.09. The van der Waals surface area contributed by atoms with Gasteiger partial charge in [0.25, 0.3) is 15.9 Å². The average Bonchev–Trinajstić information content (AvgIpc) is 2.92. The van der Waals surface area contributed by atoms with Crippen molar-refractivity contribution < 1.29 is 13.2 Å². The number of rotatable bonds is 4. The minimum atomic E-state index is -4.20. The van der Waals surface area contributed by atoms with Crippen molar-refractivity contribution in [1.82, 2.24) is 14.7 Å². The molecule has 3 heterocycles. The second kappa shape index (κ2) is 8.03. The molecule has 9 heteroatoms. The van der Waals surface area contributed by atoms with Gasteiger partial charge >= 0.3 is 0 Å². The number of aryl methyl sites for hydroxylation is 1. The number of amides is 1. The lowest BCUT2D eigenvalue weighted by Gasteiger charge is -2.35. The lowest BCUT2D eigenvalue weighted by atomic mass is 9.88. The predicted octanol–water partition coefficient (Wildman–Crippen LogP) is 3.41. The molecule has 1 unspecified atom stereocenters. The topological polar surface area (TPSA) is 118 Å². The van der Waals surface area contributed by atoms with E-state index in [4.69, 9.17) is 10.7 Å². The van der Waals surface area contributed by atoms with Crippen LogP contribution in [0.3, 0.4) is 0 Å². The molecule has 0 radical (unpaired) electrons. The van der Waals surface area contributed by atoms with Crippen molar-refractivity contribution in [3.05, 3.63) is 41.1 Å². The van der Waals surface area contributed by atoms with Crippen molar-refractivity contribution in [3.8, 4) is 0 Å². The van der Waals surface area contributed by atoms with Crippen LogP contribution in [0, 0.1) is 12.8 Å². The Bertz CT molecular complexity index is 1150. The molecule has 1 atom stereocenters. The number of carbonyl (C=O) groups excluding carboxylic acids is 1. The van der Waals surface area contributed by atoms with Gasteiger partial charge in [-0.15, -0.1) is 0 Å². The SMILES string of the molecule is Cc1cc(C(=O)NS(=O)(=O)c2cccc(N)n2)c(N2CC(C)CC2(C)C)nc1C(C)(C)C. The number of pyridine rings is 2. The first-order valence-corrected chi connectivity index (χ1v) is 12.2. The van der Waals surface area contributed by atoms with Crippen molar-refractivity contribution in [2.24, 2.45) is 5.92 Å². The Hall–Kier alpha value is -2.68. The molecule has 1 amide bonds. The fraction of sp³-hybridized carbons (Fsp3) is 0.522. The van der Waals surface area contributed by atoms with Crippen molar-refractivity contribution in [2.75, 3.05) is 17.2 Å². The van der Waals surface area contributed by atoms with Crippen molar-refractivity contribution in [3.63, 3.8) is 0 Å². The summed E-state index contributed by atoms with van der Waals surface area (Å²) in [5.74, 6) is 0.238. The van der Waals surface area contributed by atoms with Gasteiger partial charge in [0.15, 0.2) is 5.03 Å². The molecule has 174 valence electrons. The Morgan fingerprint density at radius 1 is 1.25 bits per heavy atom. The van der Waals surface area contributed by atoms with Gasteiger partial charge in [0.1, 0.15) is 11.6 Å². The van der Waals surface area contributed by atoms with E-state index in [0.29, 0.717) is 11.7 Å². The molecule has 1 aliphatic heterocycles. The maximum atomic E-state index is 13.3. The van der Waals surface area contributed by atoms with E-state index in [1.807, 2.05) is 6.92 Å². The molecule has 1 aliphatic rings. The van der Waals surface area contributed by atoms with Gasteiger partial charge in [0, 0.05) is 17.5 Å². The number of nitrogen functional groups attached to an aromatic ring is 1. The third kappa shape index (κ3) is 4.72. The second-order valence-electron chi connectivity index (χ2n) is 10.3. The molecule has 2 aromatic heterocycles. The van der Waals surface area contributed by atoms with Gasteiger partial charge in [-0.25, -0.2) is 14.7 Å². The Labute approximate surface area is 190 Å². The van der Waals surface area contributed by atoms with E-state index in [1.165, 1.54) is 18.2 Å². The third-order valence-electron chi connectivity index (χ3n) is 5.72. The molecule has 32 heavy (non-hydrogen) atoms. The zero-order chi connectivity index (χ0) is 24.1. The molecule has 0 saturated carbocycles. The summed E-state index contributed by atoms with van der Waals surface area (Å²) in [4.78, 5) is 24.2. The van der Waals surface area contributed by atoms with E-state index in [2.05, 4.69) is 56.1 Å². The maximum absolute atomic E-state index is 13.3. The first-order valence-electron chi connectivity index (χ1n) is 10.7. The van der Waals surface area contributed by atoms with Crippen LogP contribution in [0.25, 0.3) is 0 Å². The summed E-state index contributed by atoms with van der Waals surface area (Å²) in [7, 11) is -4.20. The molecular weight excluding hydrogens is 426 g/mol. The van der Waals surface area contributed by atoms with Crippen molar-refractivity contribution >= 4 is 27.6 Å². The highest BCUT2D eigenvalue weighted by atomic mass is 32.2. The van der Waals surface area contributed by atoms with E-state index in [-0.39, 0.29) is 27.4 Å². The number of sulfonamides is 1. The van der Waals surface area contributed by atoms with E-state index < -0.39 is 15.9 Å². The van der Waals surface area contributed by atoms with Crippen LogP contribution in [0.4, 0.5) is 11.6 Å². The smallest absolute Gasteiger partial charge is 0.281 e. The van der Waals surface area contributed by atoms with Crippen LogP contribution < -0.4 is 15.4 Å². The Morgan fingerprint density at radius 2 is 1.91 bits per heavy atom. The highest BCUT2D eigenvalue weighted by Gasteiger charge is 2.40. The van der Waals surface area contributed by atoms with Crippen molar-refractivity contribution in [1.29, 1.82) is 0 Å². The van der Waals surface area contributed by atoms with Crippen molar-refractivity contribution in [2.45, 2.75) is 70.9 Å². The Kier molecular flexibility index (Phi) is 6.01. The highest BCUT2D eigenvalue weighted by molar-refractivity contribution is 7.90. The van der Waals surface area contributed by atoms with Crippen LogP contribution in [0.5, 0.6) is 0 Å². The van der Waals surface area contributed by atoms with Gasteiger partial charge in [0.05, 0.1) is 11.3 Å². The van der Waals surface area contributed by atoms with E-state index in [9.17, 15) is 13.2 Å². The molecular formula is C23H33N5O3S. The zero-order valence-electron chi connectivity index (χ0n) is 19.9. The van der Waals surface area contributed by atoms with Crippen LogP contribution >= 0.6 is 0 Å². The fourth-order valence-electron chi connectivity index (χ4n) is 4.50. The third-order valence-corrected chi connectivity index (χ3v) is 6.96. The number of hydrogen-bond donors (Lipinski definition) is 2. The van der Waals surface area contributed by atoms with E-state index in [0.717, 1.165) is 24.2 Å². The number of hydrogen-bond acceptors (Lipinski definition) is 7. The average molecular weight is 460 g/mol. The molecule has 1 fully saturated rings. The molecule has 3 rings (SSSR count). The minimum Gasteiger partial charge on any atom is -0.384 e. The highest BCUT2D eigenvalue weighted by Crippen LogP contribution is 2.39. The molecule has 3 N–H and O–H groups in total. The van der Waals surface area contributed by atoms with Gasteiger partial charge in [-0.2, -0.15) is 8.42 Å². The van der Waals surface area contributed by atoms with Gasteiger partial charge < -0.3 is 10.6 Å². The minimum absolute atomic E-state index is 0.0564. The summed E-state index contributed by atoms with van der Waals surface area (Å²) >= 11 is 0. The van der Waals surface area contributed by atoms with Crippen LogP contribution in [0.15, 0.2) is 29.3 Å². The Morgan fingerprint density at radius 3 is 2.44 bits per heavy atom. The number of nitrogens with two attached hydrogens (primary N) is 1. The van der Waals surface area contributed by atoms with Crippen LogP contribution in [0.2, 0.25) is 0 Å². The normalized spacial score (nSPS) is 18.6. The summed E-state index contributed by atoms with van der Waals surface area (Å²) in [5, 5.41) is -0.307.